The number of rotatable bonds is 11. The van der Waals surface area contributed by atoms with Gasteiger partial charge in [-0.3, -0.25) is 4.79 Å². The number of nitrogens with one attached hydrogen (secondary N) is 1. The minimum Gasteiger partial charge on any atom is -0.490 e. The third kappa shape index (κ3) is 6.01. The molecule has 0 saturated carbocycles. The Morgan fingerprint density at radius 1 is 1.24 bits per heavy atom. The number of allylic oxidation sites excluding steroid dienone is 2. The van der Waals surface area contributed by atoms with E-state index in [1.807, 2.05) is 26.0 Å². The van der Waals surface area contributed by atoms with Crippen LogP contribution in [0.3, 0.4) is 0 Å². The topological polar surface area (TPSA) is 78.3 Å². The van der Waals surface area contributed by atoms with Gasteiger partial charge in [0.25, 0.3) is 0 Å². The number of thioether (sulfide) groups is 1. The summed E-state index contributed by atoms with van der Waals surface area (Å²) in [5.74, 6) is 2.06. The number of anilines is 1. The Hall–Kier alpha value is -2.85. The van der Waals surface area contributed by atoms with Gasteiger partial charge in [0.2, 0.25) is 11.1 Å². The third-order valence-electron chi connectivity index (χ3n) is 5.92. The minimum atomic E-state index is -0.502. The van der Waals surface area contributed by atoms with Crippen LogP contribution < -0.4 is 14.8 Å². The van der Waals surface area contributed by atoms with Gasteiger partial charge in [0.05, 0.1) is 11.1 Å². The van der Waals surface area contributed by atoms with Gasteiger partial charge in [-0.1, -0.05) is 43.3 Å². The molecule has 0 amide bonds. The molecule has 0 radical (unpaired) electrons. The molecule has 1 aliphatic rings. The Balaban J connectivity index is 1.74. The van der Waals surface area contributed by atoms with Crippen LogP contribution in [0.5, 0.6) is 11.5 Å². The van der Waals surface area contributed by atoms with Crippen molar-refractivity contribution >= 4 is 39.4 Å². The summed E-state index contributed by atoms with van der Waals surface area (Å²) in [6, 6.07) is 9.73. The maximum atomic E-state index is 14.2. The molecule has 1 N–H and O–H groups in total. The van der Waals surface area contributed by atoms with E-state index >= 15 is 0 Å². The van der Waals surface area contributed by atoms with Crippen LogP contribution in [0, 0.1) is 5.82 Å². The highest BCUT2D eigenvalue weighted by Gasteiger charge is 2.34. The first-order chi connectivity index (χ1) is 17.8. The van der Waals surface area contributed by atoms with Crippen molar-refractivity contribution in [3.05, 3.63) is 69.1 Å². The lowest BCUT2D eigenvalue weighted by atomic mass is 9.93. The van der Waals surface area contributed by atoms with Crippen LogP contribution in [0.4, 0.5) is 10.3 Å². The first kappa shape index (κ1) is 27.2. The van der Waals surface area contributed by atoms with E-state index in [1.54, 1.807) is 41.6 Å². The van der Waals surface area contributed by atoms with E-state index in [-0.39, 0.29) is 18.2 Å². The molecular weight excluding hydrogens is 559 g/mol. The van der Waals surface area contributed by atoms with E-state index in [4.69, 9.17) is 14.6 Å². The quantitative estimate of drug-likeness (QED) is 0.192. The molecular formula is C27H30BrFN4O3S. The van der Waals surface area contributed by atoms with Gasteiger partial charge in [-0.15, -0.1) is 5.10 Å². The van der Waals surface area contributed by atoms with Crippen LogP contribution in [0.15, 0.2) is 57.3 Å². The fourth-order valence-electron chi connectivity index (χ4n) is 4.18. The number of hydrogen-bond acceptors (Lipinski definition) is 7. The first-order valence-corrected chi connectivity index (χ1v) is 14.0. The van der Waals surface area contributed by atoms with Gasteiger partial charge in [-0.2, -0.15) is 4.98 Å². The van der Waals surface area contributed by atoms with Crippen LogP contribution >= 0.6 is 27.7 Å². The maximum Gasteiger partial charge on any atom is 0.227 e. The zero-order valence-corrected chi connectivity index (χ0v) is 23.7. The zero-order chi connectivity index (χ0) is 26.5. The van der Waals surface area contributed by atoms with Crippen LogP contribution in [-0.4, -0.2) is 32.9 Å². The molecule has 2 heterocycles. The Bertz CT molecular complexity index is 1330. The lowest BCUT2D eigenvalue weighted by Crippen LogP contribution is -2.28. The summed E-state index contributed by atoms with van der Waals surface area (Å²) in [4.78, 5) is 17.5. The second-order valence-electron chi connectivity index (χ2n) is 8.63. The molecule has 0 aliphatic carbocycles. The van der Waals surface area contributed by atoms with Crippen molar-refractivity contribution in [2.45, 2.75) is 58.3 Å². The molecule has 0 spiro atoms. The van der Waals surface area contributed by atoms with Crippen molar-refractivity contribution in [1.82, 2.24) is 14.8 Å². The number of carbonyl (C=O) groups is 1. The predicted molar refractivity (Wildman–Crippen MR) is 147 cm³/mol. The second-order valence-corrected chi connectivity index (χ2v) is 10.5. The number of aromatic nitrogens is 3. The highest BCUT2D eigenvalue weighted by atomic mass is 79.9. The number of ether oxygens (including phenoxy) is 2. The normalized spacial score (nSPS) is 14.8. The Morgan fingerprint density at radius 2 is 2.03 bits per heavy atom. The van der Waals surface area contributed by atoms with E-state index in [0.29, 0.717) is 44.8 Å². The van der Waals surface area contributed by atoms with Gasteiger partial charge in [0, 0.05) is 22.6 Å². The zero-order valence-electron chi connectivity index (χ0n) is 21.3. The number of ketones is 1. The first-order valence-electron chi connectivity index (χ1n) is 12.2. The smallest absolute Gasteiger partial charge is 0.227 e. The van der Waals surface area contributed by atoms with Gasteiger partial charge in [0.1, 0.15) is 18.5 Å². The van der Waals surface area contributed by atoms with E-state index in [9.17, 15) is 9.18 Å². The molecule has 7 nitrogen and oxygen atoms in total. The van der Waals surface area contributed by atoms with Crippen LogP contribution in [-0.2, 0) is 11.4 Å². The molecule has 0 fully saturated rings. The Morgan fingerprint density at radius 3 is 2.73 bits per heavy atom. The SMILES string of the molecule is CCCCSc1nc2n(n1)C(c1cc(Br)c(OCc3ccccc3F)c(OCC)c1)C(C(C)=O)=C(C)N2. The van der Waals surface area contributed by atoms with Crippen molar-refractivity contribution < 1.29 is 18.7 Å². The average Bonchev–Trinajstić information content (AvgIpc) is 3.25. The highest BCUT2D eigenvalue weighted by Crippen LogP contribution is 2.43. The van der Waals surface area contributed by atoms with E-state index in [0.717, 1.165) is 29.9 Å². The van der Waals surface area contributed by atoms with Crippen molar-refractivity contribution in [2.75, 3.05) is 17.7 Å². The van der Waals surface area contributed by atoms with Crippen molar-refractivity contribution in [1.29, 1.82) is 0 Å². The molecule has 0 bridgehead atoms. The predicted octanol–water partition coefficient (Wildman–Crippen LogP) is 6.93. The van der Waals surface area contributed by atoms with Crippen LogP contribution in [0.2, 0.25) is 0 Å². The van der Waals surface area contributed by atoms with Gasteiger partial charge in [-0.05, 0) is 66.9 Å². The van der Waals surface area contributed by atoms with Crippen LogP contribution in [0.25, 0.3) is 0 Å². The number of Topliss-reactive ketones (excluding diaryl/α,β-unsaturated/α-hetero) is 1. The molecule has 37 heavy (non-hydrogen) atoms. The molecule has 1 aliphatic heterocycles. The standard InChI is InChI=1S/C27H30BrFN4O3S/c1-5-7-12-37-27-31-26-30-16(3)23(17(4)34)24(33(26)32-27)19-13-20(28)25(22(14-19)35-6-2)36-15-18-10-8-9-11-21(18)29/h8-11,13-14,24H,5-7,12,15H2,1-4H3,(H,30,31,32). The summed E-state index contributed by atoms with van der Waals surface area (Å²) in [6.45, 7) is 7.90. The number of fused-ring (bicyclic) bond motifs is 1. The molecule has 1 aromatic heterocycles. The summed E-state index contributed by atoms with van der Waals surface area (Å²) in [5.41, 5.74) is 2.56. The lowest BCUT2D eigenvalue weighted by molar-refractivity contribution is -0.114. The Kier molecular flexibility index (Phi) is 8.91. The fourth-order valence-corrected chi connectivity index (χ4v) is 5.67. The molecule has 3 aromatic rings. The third-order valence-corrected chi connectivity index (χ3v) is 7.43. The monoisotopic (exact) mass is 588 g/mol. The van der Waals surface area contributed by atoms with E-state index in [1.165, 1.54) is 6.07 Å². The molecule has 2 aromatic carbocycles. The summed E-state index contributed by atoms with van der Waals surface area (Å²) in [7, 11) is 0. The molecule has 196 valence electrons. The molecule has 10 heteroatoms. The number of carbonyl (C=O) groups excluding carboxylic acids is 1. The van der Waals surface area contributed by atoms with E-state index < -0.39 is 6.04 Å². The van der Waals surface area contributed by atoms with Crippen LogP contribution in [0.1, 0.15) is 57.7 Å². The lowest BCUT2D eigenvalue weighted by Gasteiger charge is -2.28. The number of hydrogen-bond donors (Lipinski definition) is 1. The van der Waals surface area contributed by atoms with Gasteiger partial charge >= 0.3 is 0 Å². The van der Waals surface area contributed by atoms with Crippen molar-refractivity contribution in [3.8, 4) is 11.5 Å². The summed E-state index contributed by atoms with van der Waals surface area (Å²) >= 11 is 5.22. The van der Waals surface area contributed by atoms with Crippen molar-refractivity contribution in [2.24, 2.45) is 0 Å². The molecule has 0 saturated heterocycles. The second kappa shape index (κ2) is 12.1. The number of halogens is 2. The van der Waals surface area contributed by atoms with Gasteiger partial charge in [0.15, 0.2) is 17.3 Å². The van der Waals surface area contributed by atoms with Crippen molar-refractivity contribution in [3.63, 3.8) is 0 Å². The molecule has 1 unspecified atom stereocenters. The molecule has 4 rings (SSSR count). The summed E-state index contributed by atoms with van der Waals surface area (Å²) in [6.07, 6.45) is 2.16. The summed E-state index contributed by atoms with van der Waals surface area (Å²) in [5, 5.41) is 8.65. The fraction of sp³-hybridized carbons (Fsp3) is 0.370. The number of benzene rings is 2. The minimum absolute atomic E-state index is 0.0430. The van der Waals surface area contributed by atoms with Gasteiger partial charge in [-0.25, -0.2) is 9.07 Å². The maximum absolute atomic E-state index is 14.2. The highest BCUT2D eigenvalue weighted by molar-refractivity contribution is 9.10. The molecule has 1 atom stereocenters. The average molecular weight is 590 g/mol. The number of nitrogens with zero attached hydrogens (tertiary/aromatic N) is 3. The van der Waals surface area contributed by atoms with Gasteiger partial charge < -0.3 is 14.8 Å². The number of unbranched alkanes of at least 4 members (excludes halogenated alkanes) is 1. The van der Waals surface area contributed by atoms with E-state index in [2.05, 4.69) is 33.2 Å². The Labute approximate surface area is 229 Å². The largest absolute Gasteiger partial charge is 0.490 e. The summed E-state index contributed by atoms with van der Waals surface area (Å²) < 4.78 is 28.5.